The summed E-state index contributed by atoms with van der Waals surface area (Å²) in [7, 11) is 4.29. The lowest BCUT2D eigenvalue weighted by Gasteiger charge is -2.63. The summed E-state index contributed by atoms with van der Waals surface area (Å²) in [5, 5.41) is 23.0. The summed E-state index contributed by atoms with van der Waals surface area (Å²) in [4.78, 5) is 4.65. The summed E-state index contributed by atoms with van der Waals surface area (Å²) >= 11 is 0. The molecule has 2 aliphatic carbocycles. The van der Waals surface area contributed by atoms with Crippen molar-refractivity contribution in [2.45, 2.75) is 62.1 Å². The molecule has 1 saturated heterocycles. The van der Waals surface area contributed by atoms with Gasteiger partial charge >= 0.3 is 0 Å². The van der Waals surface area contributed by atoms with Crippen molar-refractivity contribution >= 4 is 16.8 Å². The first-order valence-electron chi connectivity index (χ1n) is 12.1. The number of piperidine rings is 1. The highest BCUT2D eigenvalue weighted by molar-refractivity contribution is 6.00. The summed E-state index contributed by atoms with van der Waals surface area (Å²) in [5.74, 6) is 0.289. The molecule has 6 heteroatoms. The van der Waals surface area contributed by atoms with Gasteiger partial charge in [-0.3, -0.25) is 0 Å². The van der Waals surface area contributed by atoms with Gasteiger partial charge in [-0.25, -0.2) is 4.74 Å². The van der Waals surface area contributed by atoms with Crippen LogP contribution in [0.2, 0.25) is 0 Å². The number of fused-ring (bicyclic) bond motifs is 1. The van der Waals surface area contributed by atoms with E-state index in [0.29, 0.717) is 0 Å². The van der Waals surface area contributed by atoms with Crippen molar-refractivity contribution in [1.29, 1.82) is 0 Å². The number of aromatic hydroxyl groups is 1. The van der Waals surface area contributed by atoms with Crippen molar-refractivity contribution in [1.82, 2.24) is 9.64 Å². The van der Waals surface area contributed by atoms with E-state index in [-0.39, 0.29) is 17.2 Å². The topological polar surface area (TPSA) is 65.0 Å². The fourth-order valence-electron chi connectivity index (χ4n) is 7.61. The standard InChI is InChI=1S/C26H31N3O3/c1-27-11-12-29-23-21(27)6-5-17(24(23)32-29)18-13-16(30)14-20-19(18)15-22-26(31)8-4-3-7-25(20,26)9-10-28(22)2/h5-6,13-14,22,30-31H,3-4,7-12,15H2,1-2H3/t22-,25+,26?/m1/s1. The van der Waals surface area contributed by atoms with Gasteiger partial charge in [0.2, 0.25) is 0 Å². The zero-order valence-electron chi connectivity index (χ0n) is 18.9. The lowest BCUT2D eigenvalue weighted by molar-refractivity contribution is -0.160. The van der Waals surface area contributed by atoms with Gasteiger partial charge < -0.3 is 24.5 Å². The molecule has 0 spiro atoms. The summed E-state index contributed by atoms with van der Waals surface area (Å²) < 4.78 is 8.13. The van der Waals surface area contributed by atoms with Crippen LogP contribution in [0.4, 0.5) is 5.69 Å². The molecule has 1 unspecified atom stereocenters. The zero-order valence-corrected chi connectivity index (χ0v) is 18.9. The van der Waals surface area contributed by atoms with Gasteiger partial charge in [0, 0.05) is 30.6 Å². The van der Waals surface area contributed by atoms with E-state index in [1.165, 1.54) is 16.8 Å². The maximum Gasteiger partial charge on any atom is 0.191 e. The lowest BCUT2D eigenvalue weighted by atomic mass is 9.49. The van der Waals surface area contributed by atoms with Crippen molar-refractivity contribution < 1.29 is 14.7 Å². The van der Waals surface area contributed by atoms with Crippen molar-refractivity contribution in [2.24, 2.45) is 0 Å². The van der Waals surface area contributed by atoms with E-state index in [9.17, 15) is 10.2 Å². The minimum Gasteiger partial charge on any atom is -0.508 e. The summed E-state index contributed by atoms with van der Waals surface area (Å²) in [6.45, 7) is 2.80. The number of nitrogens with zero attached hydrogens (tertiary/aromatic N) is 3. The lowest BCUT2D eigenvalue weighted by Crippen LogP contribution is -2.71. The Morgan fingerprint density at radius 2 is 1.84 bits per heavy atom. The third kappa shape index (κ3) is 2.13. The molecule has 2 bridgehead atoms. The van der Waals surface area contributed by atoms with Gasteiger partial charge in [0.15, 0.2) is 5.58 Å². The summed E-state index contributed by atoms with van der Waals surface area (Å²) in [6.07, 6.45) is 5.81. The number of rotatable bonds is 1. The SMILES string of the molecule is CN1CCn2oc3c(-c4cc(O)cc5c4C[C@H]4N(C)CC[C@@]56CCCCC46O)ccc1c32. The maximum absolute atomic E-state index is 12.1. The molecule has 32 heavy (non-hydrogen) atoms. The van der Waals surface area contributed by atoms with E-state index >= 15 is 0 Å². The highest BCUT2D eigenvalue weighted by atomic mass is 16.5. The van der Waals surface area contributed by atoms with Gasteiger partial charge in [0.25, 0.3) is 0 Å². The molecule has 4 aliphatic rings. The van der Waals surface area contributed by atoms with Gasteiger partial charge in [0.05, 0.1) is 17.8 Å². The fraction of sp³-hybridized carbons (Fsp3) is 0.538. The third-order valence-corrected chi connectivity index (χ3v) is 9.26. The molecule has 2 N–H and O–H groups in total. The Bertz CT molecular complexity index is 1260. The molecular formula is C26H31N3O3. The second kappa shape index (κ2) is 6.12. The molecule has 168 valence electrons. The van der Waals surface area contributed by atoms with Crippen LogP contribution in [-0.4, -0.2) is 58.7 Å². The van der Waals surface area contributed by atoms with Crippen LogP contribution >= 0.6 is 0 Å². The van der Waals surface area contributed by atoms with E-state index in [1.54, 1.807) is 0 Å². The van der Waals surface area contributed by atoms with Crippen molar-refractivity contribution in [3.05, 3.63) is 35.4 Å². The number of phenols is 1. The number of benzene rings is 2. The van der Waals surface area contributed by atoms with Crippen molar-refractivity contribution in [2.75, 3.05) is 32.1 Å². The molecule has 0 radical (unpaired) electrons. The van der Waals surface area contributed by atoms with E-state index in [1.807, 2.05) is 16.9 Å². The predicted octanol–water partition coefficient (Wildman–Crippen LogP) is 3.86. The molecule has 7 rings (SSSR count). The number of hydrogen-bond acceptors (Lipinski definition) is 5. The summed E-state index contributed by atoms with van der Waals surface area (Å²) in [6, 6.07) is 8.32. The van der Waals surface area contributed by atoms with Gasteiger partial charge in [-0.2, -0.15) is 0 Å². The number of aliphatic hydroxyl groups is 1. The van der Waals surface area contributed by atoms with Crippen molar-refractivity contribution in [3.8, 4) is 16.9 Å². The number of aromatic nitrogens is 1. The van der Waals surface area contributed by atoms with E-state index in [2.05, 4.69) is 36.0 Å². The van der Waals surface area contributed by atoms with Crippen LogP contribution in [0.25, 0.3) is 22.2 Å². The van der Waals surface area contributed by atoms with Crippen LogP contribution in [-0.2, 0) is 18.4 Å². The fourth-order valence-corrected chi connectivity index (χ4v) is 7.61. The van der Waals surface area contributed by atoms with Gasteiger partial charge in [-0.15, -0.1) is 0 Å². The molecule has 3 atom stereocenters. The van der Waals surface area contributed by atoms with Crippen LogP contribution in [0.3, 0.4) is 0 Å². The molecule has 1 aromatic heterocycles. The molecule has 2 fully saturated rings. The van der Waals surface area contributed by atoms with Crippen LogP contribution in [0, 0.1) is 0 Å². The molecule has 3 heterocycles. The molecular weight excluding hydrogens is 402 g/mol. The Morgan fingerprint density at radius 3 is 2.72 bits per heavy atom. The third-order valence-electron chi connectivity index (χ3n) is 9.26. The average molecular weight is 434 g/mol. The van der Waals surface area contributed by atoms with Crippen LogP contribution < -0.4 is 4.90 Å². The number of likely N-dealkylation sites (tertiary alicyclic amines) is 1. The number of anilines is 1. The Labute approximate surface area is 188 Å². The van der Waals surface area contributed by atoms with Crippen LogP contribution in [0.5, 0.6) is 5.75 Å². The quantitative estimate of drug-likeness (QED) is 0.610. The van der Waals surface area contributed by atoms with E-state index in [0.717, 1.165) is 80.4 Å². The van der Waals surface area contributed by atoms with Gasteiger partial charge in [-0.1, -0.05) is 12.8 Å². The monoisotopic (exact) mass is 433 g/mol. The molecule has 1 saturated carbocycles. The normalized spacial score (nSPS) is 31.6. The van der Waals surface area contributed by atoms with E-state index in [4.69, 9.17) is 4.52 Å². The summed E-state index contributed by atoms with van der Waals surface area (Å²) in [5.41, 5.74) is 6.88. The Morgan fingerprint density at radius 1 is 1.00 bits per heavy atom. The van der Waals surface area contributed by atoms with Crippen LogP contribution in [0.15, 0.2) is 28.8 Å². The first-order valence-corrected chi connectivity index (χ1v) is 12.1. The molecule has 2 aromatic carbocycles. The molecule has 2 aliphatic heterocycles. The Balaban J connectivity index is 1.48. The maximum atomic E-state index is 12.1. The first kappa shape index (κ1) is 19.1. The molecule has 3 aromatic rings. The number of phenolic OH excluding ortho intramolecular Hbond substituents is 1. The van der Waals surface area contributed by atoms with Crippen LogP contribution in [0.1, 0.15) is 43.2 Å². The largest absolute Gasteiger partial charge is 0.508 e. The van der Waals surface area contributed by atoms with Crippen molar-refractivity contribution in [3.63, 3.8) is 0 Å². The smallest absolute Gasteiger partial charge is 0.191 e. The second-order valence-corrected chi connectivity index (χ2v) is 10.6. The Hall–Kier alpha value is -2.44. The average Bonchev–Trinajstić information content (AvgIpc) is 2.75. The highest BCUT2D eigenvalue weighted by Gasteiger charge is 2.63. The number of likely N-dealkylation sites (N-methyl/N-ethyl adjacent to an activating group) is 2. The highest BCUT2D eigenvalue weighted by Crippen LogP contribution is 2.59. The second-order valence-electron chi connectivity index (χ2n) is 10.6. The first-order chi connectivity index (χ1) is 15.4. The van der Waals surface area contributed by atoms with E-state index < -0.39 is 5.60 Å². The minimum absolute atomic E-state index is 0.111. The van der Waals surface area contributed by atoms with Gasteiger partial charge in [0.1, 0.15) is 11.3 Å². The Kier molecular flexibility index (Phi) is 3.64. The minimum atomic E-state index is -0.720. The molecule has 6 nitrogen and oxygen atoms in total. The zero-order chi connectivity index (χ0) is 21.8. The van der Waals surface area contributed by atoms with Gasteiger partial charge in [-0.05, 0) is 80.2 Å². The number of hydrogen-bond donors (Lipinski definition) is 2. The molecule has 0 amide bonds. The predicted molar refractivity (Wildman–Crippen MR) is 124 cm³/mol.